The van der Waals surface area contributed by atoms with Crippen molar-refractivity contribution in [2.75, 3.05) is 0 Å². The Bertz CT molecular complexity index is 747. The smallest absolute Gasteiger partial charge is 0.388 e. The van der Waals surface area contributed by atoms with Crippen LogP contribution in [-0.2, 0) is 7.05 Å². The lowest BCUT2D eigenvalue weighted by atomic mass is 10.0. The molecule has 0 bridgehead atoms. The lowest BCUT2D eigenvalue weighted by Crippen LogP contribution is -2.06. The second kappa shape index (κ2) is 6.18. The van der Waals surface area contributed by atoms with Gasteiger partial charge in [-0.05, 0) is 19.1 Å². The molecular formula is C13H9Cl2F3N2O2. The maximum Gasteiger partial charge on any atom is 0.388 e. The Labute approximate surface area is 133 Å². The molecule has 2 aromatic rings. The zero-order valence-electron chi connectivity index (χ0n) is 11.3. The van der Waals surface area contributed by atoms with Gasteiger partial charge in [0.25, 0.3) is 0 Å². The fourth-order valence-corrected chi connectivity index (χ4v) is 2.46. The molecule has 0 saturated carbocycles. The first-order valence-electron chi connectivity index (χ1n) is 5.90. The van der Waals surface area contributed by atoms with Gasteiger partial charge in [-0.25, -0.2) is 9.07 Å². The molecule has 0 aliphatic carbocycles. The summed E-state index contributed by atoms with van der Waals surface area (Å²) >= 11 is 11.7. The van der Waals surface area contributed by atoms with Gasteiger partial charge in [-0.3, -0.25) is 4.79 Å². The number of halogens is 5. The molecule has 1 aromatic carbocycles. The van der Waals surface area contributed by atoms with Crippen LogP contribution < -0.4 is 4.74 Å². The van der Waals surface area contributed by atoms with Gasteiger partial charge in [-0.1, -0.05) is 23.2 Å². The van der Waals surface area contributed by atoms with E-state index in [1.807, 2.05) is 0 Å². The molecule has 1 aromatic heterocycles. The molecule has 2 rings (SSSR count). The predicted octanol–water partition coefficient (Wildman–Crippen LogP) is 4.34. The van der Waals surface area contributed by atoms with Crippen molar-refractivity contribution in [1.82, 2.24) is 9.78 Å². The summed E-state index contributed by atoms with van der Waals surface area (Å²) in [6.07, 6.45) is 0. The van der Waals surface area contributed by atoms with Crippen LogP contribution in [-0.4, -0.2) is 22.2 Å². The van der Waals surface area contributed by atoms with E-state index < -0.39 is 18.3 Å². The van der Waals surface area contributed by atoms with E-state index in [0.717, 1.165) is 10.7 Å². The maximum absolute atomic E-state index is 14.1. The first kappa shape index (κ1) is 16.6. The molecule has 0 aliphatic rings. The van der Waals surface area contributed by atoms with Gasteiger partial charge in [0.2, 0.25) is 5.88 Å². The number of alkyl halides is 2. The van der Waals surface area contributed by atoms with Gasteiger partial charge in [0.1, 0.15) is 16.5 Å². The third-order valence-electron chi connectivity index (χ3n) is 2.83. The number of ether oxygens (including phenoxy) is 1. The molecule has 0 aliphatic heterocycles. The third-order valence-corrected chi connectivity index (χ3v) is 3.48. The molecule has 0 saturated heterocycles. The second-order valence-corrected chi connectivity index (χ2v) is 5.12. The van der Waals surface area contributed by atoms with E-state index in [2.05, 4.69) is 9.84 Å². The molecule has 0 N–H and O–H groups in total. The summed E-state index contributed by atoms with van der Waals surface area (Å²) in [5.41, 5.74) is -0.202. The highest BCUT2D eigenvalue weighted by atomic mass is 35.5. The number of hydrogen-bond acceptors (Lipinski definition) is 3. The van der Waals surface area contributed by atoms with Crippen molar-refractivity contribution in [3.8, 4) is 17.1 Å². The minimum absolute atomic E-state index is 0.0649. The van der Waals surface area contributed by atoms with E-state index in [1.165, 1.54) is 20.0 Å². The largest absolute Gasteiger partial charge is 0.416 e. The normalized spacial score (nSPS) is 11.1. The summed E-state index contributed by atoms with van der Waals surface area (Å²) in [5, 5.41) is 3.50. The lowest BCUT2D eigenvalue weighted by molar-refractivity contribution is -0.0552. The fourth-order valence-electron chi connectivity index (χ4n) is 1.87. The minimum Gasteiger partial charge on any atom is -0.416 e. The SMILES string of the molecule is CC(=O)c1cc(-c2nn(C)c(OC(F)F)c2Cl)c(F)cc1Cl. The van der Waals surface area contributed by atoms with Crippen LogP contribution >= 0.6 is 23.2 Å². The Kier molecular flexibility index (Phi) is 4.67. The average molecular weight is 353 g/mol. The minimum atomic E-state index is -3.11. The van der Waals surface area contributed by atoms with Crippen molar-refractivity contribution in [3.63, 3.8) is 0 Å². The number of aryl methyl sites for hydroxylation is 1. The van der Waals surface area contributed by atoms with Gasteiger partial charge >= 0.3 is 6.61 Å². The van der Waals surface area contributed by atoms with Gasteiger partial charge in [0.15, 0.2) is 5.78 Å². The van der Waals surface area contributed by atoms with Gasteiger partial charge in [-0.2, -0.15) is 13.9 Å². The van der Waals surface area contributed by atoms with Crippen molar-refractivity contribution in [3.05, 3.63) is 33.6 Å². The summed E-state index contributed by atoms with van der Waals surface area (Å²) in [4.78, 5) is 11.5. The number of nitrogens with zero attached hydrogens (tertiary/aromatic N) is 2. The lowest BCUT2D eigenvalue weighted by Gasteiger charge is -2.06. The van der Waals surface area contributed by atoms with Crippen LogP contribution in [0.5, 0.6) is 5.88 Å². The van der Waals surface area contributed by atoms with E-state index in [1.54, 1.807) is 0 Å². The van der Waals surface area contributed by atoms with Crippen LogP contribution in [0, 0.1) is 5.82 Å². The molecular weight excluding hydrogens is 344 g/mol. The number of ketones is 1. The zero-order valence-corrected chi connectivity index (χ0v) is 12.8. The fraction of sp³-hybridized carbons (Fsp3) is 0.231. The van der Waals surface area contributed by atoms with Gasteiger partial charge in [-0.15, -0.1) is 0 Å². The summed E-state index contributed by atoms with van der Waals surface area (Å²) in [5.74, 6) is -1.59. The molecule has 1 heterocycles. The summed E-state index contributed by atoms with van der Waals surface area (Å²) < 4.78 is 43.9. The van der Waals surface area contributed by atoms with Gasteiger partial charge in [0.05, 0.1) is 5.02 Å². The van der Waals surface area contributed by atoms with E-state index in [0.29, 0.717) is 0 Å². The van der Waals surface area contributed by atoms with Crippen LogP contribution in [0.3, 0.4) is 0 Å². The molecule has 0 unspecified atom stereocenters. The van der Waals surface area contributed by atoms with Crippen LogP contribution in [0.2, 0.25) is 10.0 Å². The van der Waals surface area contributed by atoms with Gasteiger partial charge in [0, 0.05) is 18.2 Å². The van der Waals surface area contributed by atoms with Gasteiger partial charge < -0.3 is 4.74 Å². The number of carbonyl (C=O) groups excluding carboxylic acids is 1. The van der Waals surface area contributed by atoms with E-state index in [-0.39, 0.29) is 32.6 Å². The molecule has 0 radical (unpaired) electrons. The first-order chi connectivity index (χ1) is 10.2. The zero-order chi connectivity index (χ0) is 16.6. The van der Waals surface area contributed by atoms with Crippen LogP contribution in [0.15, 0.2) is 12.1 Å². The third kappa shape index (κ3) is 3.05. The highest BCUT2D eigenvalue weighted by Gasteiger charge is 2.23. The molecule has 0 atom stereocenters. The number of rotatable bonds is 4. The molecule has 0 amide bonds. The monoisotopic (exact) mass is 352 g/mol. The van der Waals surface area contributed by atoms with E-state index in [9.17, 15) is 18.0 Å². The summed E-state index contributed by atoms with van der Waals surface area (Å²) in [7, 11) is 1.31. The molecule has 9 heteroatoms. The summed E-state index contributed by atoms with van der Waals surface area (Å²) in [6.45, 7) is -1.85. The Morgan fingerprint density at radius 2 is 2.00 bits per heavy atom. The standard InChI is InChI=1S/C13H9Cl2F3N2O2/c1-5(21)6-3-7(9(16)4-8(6)14)11-10(15)12(20(2)19-11)22-13(17)18/h3-4,13H,1-2H3. The van der Waals surface area contributed by atoms with Crippen LogP contribution in [0.4, 0.5) is 13.2 Å². The highest BCUT2D eigenvalue weighted by molar-refractivity contribution is 6.35. The number of carbonyl (C=O) groups is 1. The highest BCUT2D eigenvalue weighted by Crippen LogP contribution is 2.38. The number of Topliss-reactive ketones (excluding diaryl/α,β-unsaturated/α-hetero) is 1. The van der Waals surface area contributed by atoms with Crippen molar-refractivity contribution >= 4 is 29.0 Å². The Morgan fingerprint density at radius 1 is 1.36 bits per heavy atom. The molecule has 0 fully saturated rings. The maximum atomic E-state index is 14.1. The molecule has 0 spiro atoms. The topological polar surface area (TPSA) is 44.1 Å². The van der Waals surface area contributed by atoms with Crippen LogP contribution in [0.1, 0.15) is 17.3 Å². The second-order valence-electron chi connectivity index (χ2n) is 4.34. The summed E-state index contributed by atoms with van der Waals surface area (Å²) in [6, 6.07) is 2.10. The number of hydrogen-bond donors (Lipinski definition) is 0. The first-order valence-corrected chi connectivity index (χ1v) is 6.65. The Hall–Kier alpha value is -1.73. The van der Waals surface area contributed by atoms with Crippen molar-refractivity contribution in [1.29, 1.82) is 0 Å². The average Bonchev–Trinajstić information content (AvgIpc) is 2.66. The van der Waals surface area contributed by atoms with Crippen molar-refractivity contribution in [2.24, 2.45) is 7.05 Å². The van der Waals surface area contributed by atoms with E-state index in [4.69, 9.17) is 23.2 Å². The Balaban J connectivity index is 2.62. The molecule has 4 nitrogen and oxygen atoms in total. The van der Waals surface area contributed by atoms with E-state index >= 15 is 0 Å². The Morgan fingerprint density at radius 3 is 2.55 bits per heavy atom. The molecule has 118 valence electrons. The quantitative estimate of drug-likeness (QED) is 0.769. The molecule has 22 heavy (non-hydrogen) atoms. The van der Waals surface area contributed by atoms with Crippen molar-refractivity contribution < 1.29 is 22.7 Å². The van der Waals surface area contributed by atoms with Crippen LogP contribution in [0.25, 0.3) is 11.3 Å². The predicted molar refractivity (Wildman–Crippen MR) is 75.3 cm³/mol. The number of aromatic nitrogens is 2. The van der Waals surface area contributed by atoms with Crippen molar-refractivity contribution in [2.45, 2.75) is 13.5 Å². The number of benzene rings is 1.